The van der Waals surface area contributed by atoms with Crippen molar-refractivity contribution < 1.29 is 4.74 Å². The summed E-state index contributed by atoms with van der Waals surface area (Å²) in [5, 5.41) is 2.71. The van der Waals surface area contributed by atoms with Gasteiger partial charge < -0.3 is 10.5 Å². The fourth-order valence-electron chi connectivity index (χ4n) is 7.32. The van der Waals surface area contributed by atoms with Crippen LogP contribution in [-0.4, -0.2) is 6.61 Å². The van der Waals surface area contributed by atoms with Gasteiger partial charge in [0, 0.05) is 17.5 Å². The second-order valence-electron chi connectivity index (χ2n) is 11.4. The molecule has 1 unspecified atom stereocenters. The Morgan fingerprint density at radius 2 is 1.59 bits per heavy atom. The second-order valence-corrected chi connectivity index (χ2v) is 11.4. The van der Waals surface area contributed by atoms with Crippen molar-refractivity contribution in [3.05, 3.63) is 136 Å². The molecule has 0 amide bonds. The van der Waals surface area contributed by atoms with Gasteiger partial charge in [0.05, 0.1) is 6.61 Å². The number of nitrogen functional groups attached to an aromatic ring is 1. The summed E-state index contributed by atoms with van der Waals surface area (Å²) >= 11 is 0. The quantitative estimate of drug-likeness (QED) is 0.247. The van der Waals surface area contributed by atoms with Crippen LogP contribution in [0.4, 0.5) is 5.69 Å². The largest absolute Gasteiger partial charge is 0.493 e. The van der Waals surface area contributed by atoms with E-state index in [1.165, 1.54) is 60.8 Å². The number of rotatable bonds is 2. The molecule has 0 bridgehead atoms. The SMILES string of the molecule is Cc1cc(C2(c3ccccc3)C=Cc3c4c(c5cc6c(cc5c3C2)CCO6)-c2ccccc2CC4)ccc1N. The topological polar surface area (TPSA) is 35.2 Å². The minimum atomic E-state index is -0.268. The highest BCUT2D eigenvalue weighted by atomic mass is 16.5. The van der Waals surface area contributed by atoms with Crippen LogP contribution in [0.1, 0.15) is 44.5 Å². The smallest absolute Gasteiger partial charge is 0.123 e. The summed E-state index contributed by atoms with van der Waals surface area (Å²) in [5.74, 6) is 1.06. The van der Waals surface area contributed by atoms with E-state index in [1.807, 2.05) is 0 Å². The van der Waals surface area contributed by atoms with E-state index in [1.54, 1.807) is 0 Å². The van der Waals surface area contributed by atoms with Crippen LogP contribution in [-0.2, 0) is 31.1 Å². The molecule has 2 heteroatoms. The van der Waals surface area contributed by atoms with Crippen molar-refractivity contribution in [2.75, 3.05) is 12.3 Å². The van der Waals surface area contributed by atoms with Crippen molar-refractivity contribution in [2.24, 2.45) is 0 Å². The molecule has 5 aromatic carbocycles. The molecule has 1 heterocycles. The van der Waals surface area contributed by atoms with Gasteiger partial charge in [-0.05, 0) is 111 Å². The molecule has 0 fully saturated rings. The van der Waals surface area contributed by atoms with Crippen molar-refractivity contribution in [2.45, 2.75) is 38.0 Å². The van der Waals surface area contributed by atoms with Gasteiger partial charge in [0.15, 0.2) is 0 Å². The molecule has 2 aliphatic carbocycles. The van der Waals surface area contributed by atoms with E-state index in [2.05, 4.69) is 104 Å². The Kier molecular flexibility index (Phi) is 4.85. The summed E-state index contributed by atoms with van der Waals surface area (Å²) in [6.07, 6.45) is 8.94. The number of nitrogens with two attached hydrogens (primary N) is 1. The Morgan fingerprint density at radius 3 is 2.46 bits per heavy atom. The minimum Gasteiger partial charge on any atom is -0.493 e. The van der Waals surface area contributed by atoms with Crippen LogP contribution >= 0.6 is 0 Å². The summed E-state index contributed by atoms with van der Waals surface area (Å²) in [7, 11) is 0. The summed E-state index contributed by atoms with van der Waals surface area (Å²) in [5.41, 5.74) is 20.5. The molecule has 0 aromatic heterocycles. The molecule has 0 saturated heterocycles. The van der Waals surface area contributed by atoms with Gasteiger partial charge in [-0.2, -0.15) is 0 Å². The van der Waals surface area contributed by atoms with E-state index in [0.717, 1.165) is 49.3 Å². The molecule has 190 valence electrons. The predicted octanol–water partition coefficient (Wildman–Crippen LogP) is 7.99. The first kappa shape index (κ1) is 22.7. The molecule has 2 nitrogen and oxygen atoms in total. The van der Waals surface area contributed by atoms with Crippen LogP contribution in [0.25, 0.3) is 28.0 Å². The van der Waals surface area contributed by atoms with Gasteiger partial charge in [-0.3, -0.25) is 0 Å². The molecule has 1 aliphatic heterocycles. The Bertz CT molecular complexity index is 1830. The molecule has 1 atom stereocenters. The maximum absolute atomic E-state index is 6.29. The number of hydrogen-bond donors (Lipinski definition) is 1. The fraction of sp³-hybridized carbons (Fsp3) is 0.189. The number of fused-ring (bicyclic) bond motifs is 9. The molecule has 39 heavy (non-hydrogen) atoms. The lowest BCUT2D eigenvalue weighted by atomic mass is 9.65. The van der Waals surface area contributed by atoms with Crippen molar-refractivity contribution >= 4 is 22.5 Å². The maximum atomic E-state index is 6.29. The standard InChI is InChI=1S/C37H31NO/c1-23-19-27(12-14-34(23)38)37(26-8-3-2-4-9-26)17-15-29-30-13-11-24-7-5-6-10-28(24)36(30)32-21-35-25(16-18-39-35)20-31(32)33(29)22-37/h2-10,12,14-15,17,19-21H,11,13,16,18,22,38H2,1H3. The van der Waals surface area contributed by atoms with Crippen LogP contribution in [0.5, 0.6) is 5.75 Å². The first-order chi connectivity index (χ1) is 19.1. The van der Waals surface area contributed by atoms with Gasteiger partial charge in [0.2, 0.25) is 0 Å². The number of allylic oxidation sites excluding steroid dienone is 1. The zero-order chi connectivity index (χ0) is 26.1. The third kappa shape index (κ3) is 3.27. The molecule has 0 saturated carbocycles. The third-order valence-electron chi connectivity index (χ3n) is 9.37. The minimum absolute atomic E-state index is 0.268. The molecular weight excluding hydrogens is 474 g/mol. The average Bonchev–Trinajstić information content (AvgIpc) is 3.45. The zero-order valence-corrected chi connectivity index (χ0v) is 22.3. The van der Waals surface area contributed by atoms with Crippen molar-refractivity contribution in [3.8, 4) is 16.9 Å². The van der Waals surface area contributed by atoms with Gasteiger partial charge in [-0.15, -0.1) is 0 Å². The number of aryl methyl sites for hydroxylation is 2. The number of benzene rings is 5. The van der Waals surface area contributed by atoms with Gasteiger partial charge >= 0.3 is 0 Å². The highest BCUT2D eigenvalue weighted by Gasteiger charge is 2.38. The number of anilines is 1. The summed E-state index contributed by atoms with van der Waals surface area (Å²) in [4.78, 5) is 0. The highest BCUT2D eigenvalue weighted by Crippen LogP contribution is 2.50. The van der Waals surface area contributed by atoms with E-state index in [0.29, 0.717) is 0 Å². The normalized spacial score (nSPS) is 18.7. The number of hydrogen-bond acceptors (Lipinski definition) is 2. The lowest BCUT2D eigenvalue weighted by Crippen LogP contribution is -2.31. The lowest BCUT2D eigenvalue weighted by Gasteiger charge is -2.38. The van der Waals surface area contributed by atoms with E-state index in [9.17, 15) is 0 Å². The fourth-order valence-corrected chi connectivity index (χ4v) is 7.32. The maximum Gasteiger partial charge on any atom is 0.123 e. The summed E-state index contributed by atoms with van der Waals surface area (Å²) in [6.45, 7) is 2.88. The van der Waals surface area contributed by atoms with Crippen molar-refractivity contribution in [3.63, 3.8) is 0 Å². The molecular formula is C37H31NO. The van der Waals surface area contributed by atoms with Gasteiger partial charge in [-0.25, -0.2) is 0 Å². The Morgan fingerprint density at radius 1 is 0.744 bits per heavy atom. The summed E-state index contributed by atoms with van der Waals surface area (Å²) in [6, 6.07) is 31.3. The molecule has 0 spiro atoms. The van der Waals surface area contributed by atoms with Gasteiger partial charge in [-0.1, -0.05) is 78.9 Å². The average molecular weight is 506 g/mol. The van der Waals surface area contributed by atoms with E-state index >= 15 is 0 Å². The van der Waals surface area contributed by atoms with Crippen LogP contribution in [0.2, 0.25) is 0 Å². The van der Waals surface area contributed by atoms with Gasteiger partial charge in [0.1, 0.15) is 5.75 Å². The Labute approximate surface area is 229 Å². The molecule has 0 radical (unpaired) electrons. The van der Waals surface area contributed by atoms with Crippen LogP contribution in [0.3, 0.4) is 0 Å². The van der Waals surface area contributed by atoms with E-state index in [-0.39, 0.29) is 5.41 Å². The summed E-state index contributed by atoms with van der Waals surface area (Å²) < 4.78 is 6.11. The zero-order valence-electron chi connectivity index (χ0n) is 22.3. The van der Waals surface area contributed by atoms with Crippen LogP contribution in [0.15, 0.2) is 91.0 Å². The Hall–Kier alpha value is -4.30. The highest BCUT2D eigenvalue weighted by molar-refractivity contribution is 6.05. The van der Waals surface area contributed by atoms with E-state index < -0.39 is 0 Å². The lowest BCUT2D eigenvalue weighted by molar-refractivity contribution is 0.357. The third-order valence-corrected chi connectivity index (χ3v) is 9.37. The van der Waals surface area contributed by atoms with Crippen LogP contribution in [0, 0.1) is 6.92 Å². The van der Waals surface area contributed by atoms with E-state index in [4.69, 9.17) is 10.5 Å². The molecule has 2 N–H and O–H groups in total. The molecule has 8 rings (SSSR count). The number of ether oxygens (including phenoxy) is 1. The first-order valence-electron chi connectivity index (χ1n) is 14.1. The van der Waals surface area contributed by atoms with Gasteiger partial charge in [0.25, 0.3) is 0 Å². The molecule has 3 aliphatic rings. The predicted molar refractivity (Wildman–Crippen MR) is 162 cm³/mol. The monoisotopic (exact) mass is 505 g/mol. The van der Waals surface area contributed by atoms with Crippen molar-refractivity contribution in [1.29, 1.82) is 0 Å². The molecule has 5 aromatic rings. The van der Waals surface area contributed by atoms with Crippen LogP contribution < -0.4 is 10.5 Å². The Balaban J connectivity index is 1.45. The van der Waals surface area contributed by atoms with Crippen molar-refractivity contribution in [1.82, 2.24) is 0 Å². The second kappa shape index (κ2) is 8.35. The first-order valence-corrected chi connectivity index (χ1v) is 14.1.